The molecule has 2 N–H and O–H groups in total. The van der Waals surface area contributed by atoms with Crippen LogP contribution >= 0.6 is 23.2 Å². The maximum atomic E-state index is 12.9. The number of halogens is 2. The first-order valence-corrected chi connectivity index (χ1v) is 9.27. The number of carbonyl (C=O) groups is 2. The van der Waals surface area contributed by atoms with Crippen LogP contribution in [0.25, 0.3) is 0 Å². The van der Waals surface area contributed by atoms with Crippen molar-refractivity contribution in [3.8, 4) is 0 Å². The minimum absolute atomic E-state index is 0.0727. The Morgan fingerprint density at radius 1 is 1.20 bits per heavy atom. The summed E-state index contributed by atoms with van der Waals surface area (Å²) >= 11 is 12.0. The highest BCUT2D eigenvalue weighted by Crippen LogP contribution is 2.33. The normalized spacial score (nSPS) is 26.2. The molecular formula is C18H23Cl2N3O2. The molecule has 2 fully saturated rings. The summed E-state index contributed by atoms with van der Waals surface area (Å²) in [5, 5.41) is 0.838. The van der Waals surface area contributed by atoms with Crippen LogP contribution in [0.3, 0.4) is 0 Å². The van der Waals surface area contributed by atoms with Gasteiger partial charge in [0, 0.05) is 31.4 Å². The fraction of sp³-hybridized carbons (Fsp3) is 0.556. The van der Waals surface area contributed by atoms with Gasteiger partial charge in [-0.25, -0.2) is 0 Å². The first-order valence-electron chi connectivity index (χ1n) is 8.51. The highest BCUT2D eigenvalue weighted by Gasteiger charge is 2.43. The van der Waals surface area contributed by atoms with Crippen molar-refractivity contribution >= 4 is 40.7 Å². The van der Waals surface area contributed by atoms with Crippen LogP contribution < -0.4 is 10.6 Å². The van der Waals surface area contributed by atoms with Gasteiger partial charge in [-0.05, 0) is 36.5 Å². The molecule has 1 aromatic carbocycles. The van der Waals surface area contributed by atoms with Crippen molar-refractivity contribution in [2.75, 3.05) is 24.5 Å². The van der Waals surface area contributed by atoms with Gasteiger partial charge in [0.25, 0.3) is 0 Å². The van der Waals surface area contributed by atoms with Crippen molar-refractivity contribution < 1.29 is 9.59 Å². The van der Waals surface area contributed by atoms with E-state index in [0.29, 0.717) is 41.8 Å². The van der Waals surface area contributed by atoms with Crippen LogP contribution in [0.4, 0.5) is 5.69 Å². The van der Waals surface area contributed by atoms with Gasteiger partial charge in [0.2, 0.25) is 11.8 Å². The molecule has 0 aromatic heterocycles. The van der Waals surface area contributed by atoms with E-state index in [1.807, 2.05) is 0 Å². The Labute approximate surface area is 158 Å². The topological polar surface area (TPSA) is 66.6 Å². The second-order valence-corrected chi connectivity index (χ2v) is 8.39. The second kappa shape index (κ2) is 6.78. The number of carbonyl (C=O) groups excluding carboxylic acids is 2. The summed E-state index contributed by atoms with van der Waals surface area (Å²) < 4.78 is 0. The number of hydrogen-bond acceptors (Lipinski definition) is 3. The van der Waals surface area contributed by atoms with E-state index in [-0.39, 0.29) is 23.3 Å². The molecule has 2 saturated heterocycles. The highest BCUT2D eigenvalue weighted by atomic mass is 35.5. The molecule has 2 heterocycles. The molecule has 3 rings (SSSR count). The zero-order valence-corrected chi connectivity index (χ0v) is 16.0. The van der Waals surface area contributed by atoms with Crippen molar-refractivity contribution in [3.63, 3.8) is 0 Å². The van der Waals surface area contributed by atoms with Gasteiger partial charge in [0.1, 0.15) is 5.92 Å². The molecule has 2 unspecified atom stereocenters. The Morgan fingerprint density at radius 2 is 1.92 bits per heavy atom. The van der Waals surface area contributed by atoms with Gasteiger partial charge >= 0.3 is 0 Å². The molecule has 2 amide bonds. The predicted octanol–water partition coefficient (Wildman–Crippen LogP) is 2.93. The Kier molecular flexibility index (Phi) is 5.02. The maximum absolute atomic E-state index is 12.9. The van der Waals surface area contributed by atoms with Crippen molar-refractivity contribution in [1.82, 2.24) is 4.90 Å². The lowest BCUT2D eigenvalue weighted by atomic mass is 9.79. The third-order valence-electron chi connectivity index (χ3n) is 5.34. The van der Waals surface area contributed by atoms with Crippen LogP contribution in [0.1, 0.15) is 26.7 Å². The lowest BCUT2D eigenvalue weighted by Crippen LogP contribution is -2.55. The van der Waals surface area contributed by atoms with Crippen molar-refractivity contribution in [2.45, 2.75) is 32.7 Å². The first kappa shape index (κ1) is 18.5. The molecule has 7 heteroatoms. The number of anilines is 1. The monoisotopic (exact) mass is 383 g/mol. The zero-order chi connectivity index (χ0) is 18.4. The average molecular weight is 384 g/mol. The molecule has 136 valence electrons. The quantitative estimate of drug-likeness (QED) is 0.798. The Bertz CT molecular complexity index is 708. The molecule has 2 aliphatic heterocycles. The molecule has 0 saturated carbocycles. The number of nitrogens with two attached hydrogens (primary N) is 1. The number of amides is 2. The summed E-state index contributed by atoms with van der Waals surface area (Å²) in [7, 11) is 0. The first-order chi connectivity index (χ1) is 11.7. The molecule has 0 radical (unpaired) electrons. The number of piperidine rings is 1. The minimum Gasteiger partial charge on any atom is -0.341 e. The molecule has 0 aliphatic carbocycles. The molecule has 1 aromatic rings. The zero-order valence-electron chi connectivity index (χ0n) is 14.5. The van der Waals surface area contributed by atoms with Gasteiger partial charge in [0.15, 0.2) is 0 Å². The van der Waals surface area contributed by atoms with Crippen LogP contribution in [-0.2, 0) is 9.59 Å². The van der Waals surface area contributed by atoms with E-state index in [1.54, 1.807) is 28.0 Å². The highest BCUT2D eigenvalue weighted by molar-refractivity contribution is 6.42. The average Bonchev–Trinajstić information content (AvgIpc) is 2.93. The fourth-order valence-electron chi connectivity index (χ4n) is 3.60. The molecule has 2 atom stereocenters. The molecule has 0 bridgehead atoms. The summed E-state index contributed by atoms with van der Waals surface area (Å²) in [6, 6.07) is 5.15. The number of benzene rings is 1. The van der Waals surface area contributed by atoms with Gasteiger partial charge in [-0.2, -0.15) is 0 Å². The van der Waals surface area contributed by atoms with E-state index in [2.05, 4.69) is 13.8 Å². The van der Waals surface area contributed by atoms with Gasteiger partial charge in [-0.1, -0.05) is 37.0 Å². The van der Waals surface area contributed by atoms with Crippen LogP contribution in [0.5, 0.6) is 0 Å². The summed E-state index contributed by atoms with van der Waals surface area (Å²) in [5.74, 6) is -0.886. The smallest absolute Gasteiger partial charge is 0.239 e. The minimum atomic E-state index is -0.625. The molecule has 25 heavy (non-hydrogen) atoms. The van der Waals surface area contributed by atoms with Crippen LogP contribution in [0.2, 0.25) is 10.0 Å². The van der Waals surface area contributed by atoms with Crippen LogP contribution in [0.15, 0.2) is 18.2 Å². The van der Waals surface area contributed by atoms with Crippen molar-refractivity contribution in [3.05, 3.63) is 28.2 Å². The van der Waals surface area contributed by atoms with E-state index in [4.69, 9.17) is 28.9 Å². The maximum Gasteiger partial charge on any atom is 0.239 e. The van der Waals surface area contributed by atoms with Crippen molar-refractivity contribution in [2.24, 2.45) is 17.1 Å². The summed E-state index contributed by atoms with van der Waals surface area (Å²) in [6.45, 7) is 5.83. The number of likely N-dealkylation sites (tertiary alicyclic amines) is 1. The lowest BCUT2D eigenvalue weighted by molar-refractivity contribution is -0.142. The summed E-state index contributed by atoms with van der Waals surface area (Å²) in [6.07, 6.45) is 1.27. The molecule has 0 spiro atoms. The number of rotatable bonds is 2. The van der Waals surface area contributed by atoms with Gasteiger partial charge < -0.3 is 15.5 Å². The van der Waals surface area contributed by atoms with E-state index in [9.17, 15) is 9.59 Å². The predicted molar refractivity (Wildman–Crippen MR) is 99.9 cm³/mol. The lowest BCUT2D eigenvalue weighted by Gasteiger charge is -2.43. The van der Waals surface area contributed by atoms with Gasteiger partial charge in [0.05, 0.1) is 10.0 Å². The molecule has 5 nitrogen and oxygen atoms in total. The van der Waals surface area contributed by atoms with E-state index in [0.717, 1.165) is 6.42 Å². The van der Waals surface area contributed by atoms with E-state index in [1.165, 1.54) is 0 Å². The van der Waals surface area contributed by atoms with Crippen molar-refractivity contribution in [1.29, 1.82) is 0 Å². The Balaban J connectivity index is 1.73. The summed E-state index contributed by atoms with van der Waals surface area (Å²) in [4.78, 5) is 29.1. The Hall–Kier alpha value is -1.30. The van der Waals surface area contributed by atoms with Crippen LogP contribution in [-0.4, -0.2) is 42.4 Å². The number of nitrogens with zero attached hydrogens (tertiary/aromatic N) is 2. The van der Waals surface area contributed by atoms with E-state index < -0.39 is 5.92 Å². The largest absolute Gasteiger partial charge is 0.341 e. The second-order valence-electron chi connectivity index (χ2n) is 7.57. The SMILES string of the molecule is CC1(C)CN(C(=O)C2CCN(c3ccc(Cl)c(Cl)c3)C2=O)CCC1N. The molecule has 2 aliphatic rings. The molecular weight excluding hydrogens is 361 g/mol. The number of hydrogen-bond donors (Lipinski definition) is 1. The fourth-order valence-corrected chi connectivity index (χ4v) is 3.89. The van der Waals surface area contributed by atoms with E-state index >= 15 is 0 Å². The Morgan fingerprint density at radius 3 is 2.56 bits per heavy atom. The van der Waals surface area contributed by atoms with Gasteiger partial charge in [-0.15, -0.1) is 0 Å². The standard InChI is InChI=1S/C18H23Cl2N3O2/c1-18(2)10-22(7-6-15(18)21)16(24)12-5-8-23(17(12)25)11-3-4-13(19)14(20)9-11/h3-4,9,12,15H,5-8,10,21H2,1-2H3. The third kappa shape index (κ3) is 3.50. The van der Waals surface area contributed by atoms with Crippen LogP contribution in [0, 0.1) is 11.3 Å². The summed E-state index contributed by atoms with van der Waals surface area (Å²) in [5.41, 5.74) is 6.68. The third-order valence-corrected chi connectivity index (χ3v) is 6.08. The van der Waals surface area contributed by atoms with Gasteiger partial charge in [-0.3, -0.25) is 9.59 Å².